The fourth-order valence-electron chi connectivity index (χ4n) is 2.80. The van der Waals surface area contributed by atoms with E-state index in [1.54, 1.807) is 0 Å². The highest BCUT2D eigenvalue weighted by Gasteiger charge is 2.41. The van der Waals surface area contributed by atoms with E-state index in [2.05, 4.69) is 24.1 Å². The topological polar surface area (TPSA) is 69.6 Å². The van der Waals surface area contributed by atoms with Gasteiger partial charge >= 0.3 is 0 Å². The lowest BCUT2D eigenvalue weighted by Crippen LogP contribution is -2.59. The van der Waals surface area contributed by atoms with E-state index in [0.29, 0.717) is 12.1 Å². The van der Waals surface area contributed by atoms with Gasteiger partial charge in [-0.3, -0.25) is 4.90 Å². The van der Waals surface area contributed by atoms with Gasteiger partial charge in [0.2, 0.25) is 0 Å². The molecule has 4 atom stereocenters. The summed E-state index contributed by atoms with van der Waals surface area (Å²) in [4.78, 5) is 2.11. The number of sulfone groups is 1. The molecule has 0 aromatic heterocycles. The molecule has 2 saturated heterocycles. The van der Waals surface area contributed by atoms with Crippen LogP contribution in [0.15, 0.2) is 0 Å². The van der Waals surface area contributed by atoms with Crippen LogP contribution in [0, 0.1) is 0 Å². The van der Waals surface area contributed by atoms with E-state index in [0.717, 1.165) is 13.1 Å². The van der Waals surface area contributed by atoms with Crippen LogP contribution in [-0.2, 0) is 9.84 Å². The molecule has 5 nitrogen and oxygen atoms in total. The van der Waals surface area contributed by atoms with Crippen molar-refractivity contribution in [1.82, 2.24) is 10.2 Å². The number of hydrogen-bond acceptors (Lipinski definition) is 5. The van der Waals surface area contributed by atoms with Gasteiger partial charge in [0.15, 0.2) is 9.84 Å². The molecule has 0 radical (unpaired) electrons. The van der Waals surface area contributed by atoms with Gasteiger partial charge in [0.1, 0.15) is 0 Å². The van der Waals surface area contributed by atoms with Crippen molar-refractivity contribution < 1.29 is 13.5 Å². The van der Waals surface area contributed by atoms with Crippen molar-refractivity contribution in [1.29, 1.82) is 0 Å². The second kappa shape index (κ2) is 4.25. The Morgan fingerprint density at radius 2 is 1.75 bits per heavy atom. The Kier molecular flexibility index (Phi) is 3.27. The smallest absolute Gasteiger partial charge is 0.154 e. The molecule has 2 heterocycles. The number of aliphatic hydroxyl groups is 1. The molecule has 2 aliphatic heterocycles. The van der Waals surface area contributed by atoms with Gasteiger partial charge in [-0.2, -0.15) is 0 Å². The largest absolute Gasteiger partial charge is 0.390 e. The van der Waals surface area contributed by atoms with E-state index in [1.807, 2.05) is 0 Å². The minimum atomic E-state index is -3.04. The van der Waals surface area contributed by atoms with Gasteiger partial charge in [-0.15, -0.1) is 0 Å². The molecule has 6 heteroatoms. The van der Waals surface area contributed by atoms with Crippen LogP contribution in [0.5, 0.6) is 0 Å². The Labute approximate surface area is 96.7 Å². The van der Waals surface area contributed by atoms with Gasteiger partial charge in [-0.25, -0.2) is 8.42 Å². The molecule has 2 rings (SSSR count). The second-order valence-corrected chi connectivity index (χ2v) is 7.29. The van der Waals surface area contributed by atoms with E-state index in [4.69, 9.17) is 0 Å². The third kappa shape index (κ3) is 2.56. The summed E-state index contributed by atoms with van der Waals surface area (Å²) in [7, 11) is -3.04. The second-order valence-electron chi connectivity index (χ2n) is 5.13. The standard InChI is InChI=1S/C10H20N2O3S/c1-7-3-12(4-8(2)11-7)9-5-16(14,15)6-10(9)13/h7-11,13H,3-6H2,1-2H3. The first-order chi connectivity index (χ1) is 7.37. The highest BCUT2D eigenvalue weighted by atomic mass is 32.2. The average Bonchev–Trinajstić information content (AvgIpc) is 2.38. The molecule has 94 valence electrons. The SMILES string of the molecule is CC1CN(C2CS(=O)(=O)CC2O)CC(C)N1. The lowest BCUT2D eigenvalue weighted by molar-refractivity contribution is 0.0541. The van der Waals surface area contributed by atoms with Crippen molar-refractivity contribution in [2.24, 2.45) is 0 Å². The third-order valence-electron chi connectivity index (χ3n) is 3.35. The van der Waals surface area contributed by atoms with Crippen LogP contribution in [0.4, 0.5) is 0 Å². The third-order valence-corrected chi connectivity index (χ3v) is 5.05. The van der Waals surface area contributed by atoms with Crippen molar-refractivity contribution in [3.8, 4) is 0 Å². The molecule has 0 saturated carbocycles. The molecule has 0 amide bonds. The molecular weight excluding hydrogens is 228 g/mol. The molecule has 16 heavy (non-hydrogen) atoms. The van der Waals surface area contributed by atoms with Crippen molar-refractivity contribution in [3.63, 3.8) is 0 Å². The zero-order chi connectivity index (χ0) is 11.9. The van der Waals surface area contributed by atoms with Crippen molar-refractivity contribution >= 4 is 9.84 Å². The van der Waals surface area contributed by atoms with E-state index in [1.165, 1.54) is 0 Å². The molecule has 0 spiro atoms. The van der Waals surface area contributed by atoms with Crippen molar-refractivity contribution in [2.75, 3.05) is 24.6 Å². The van der Waals surface area contributed by atoms with Crippen molar-refractivity contribution in [3.05, 3.63) is 0 Å². The summed E-state index contributed by atoms with van der Waals surface area (Å²) in [5.41, 5.74) is 0. The molecule has 0 aromatic rings. The highest BCUT2D eigenvalue weighted by molar-refractivity contribution is 7.91. The lowest BCUT2D eigenvalue weighted by atomic mass is 10.1. The van der Waals surface area contributed by atoms with Gasteiger partial charge in [0.05, 0.1) is 23.7 Å². The van der Waals surface area contributed by atoms with Crippen LogP contribution in [0.1, 0.15) is 13.8 Å². The number of hydrogen-bond donors (Lipinski definition) is 2. The molecule has 0 bridgehead atoms. The summed E-state index contributed by atoms with van der Waals surface area (Å²) >= 11 is 0. The van der Waals surface area contributed by atoms with Gasteiger partial charge in [-0.05, 0) is 13.8 Å². The summed E-state index contributed by atoms with van der Waals surface area (Å²) in [6.45, 7) is 5.78. The van der Waals surface area contributed by atoms with Gasteiger partial charge < -0.3 is 10.4 Å². The fraction of sp³-hybridized carbons (Fsp3) is 1.00. The molecule has 4 unspecified atom stereocenters. The van der Waals surface area contributed by atoms with Crippen molar-refractivity contribution in [2.45, 2.75) is 38.1 Å². The minimum absolute atomic E-state index is 0.0790. The number of rotatable bonds is 1. The Bertz CT molecular complexity index is 347. The maximum absolute atomic E-state index is 11.5. The first kappa shape index (κ1) is 12.3. The monoisotopic (exact) mass is 248 g/mol. The average molecular weight is 248 g/mol. The Morgan fingerprint density at radius 1 is 1.19 bits per heavy atom. The zero-order valence-corrected chi connectivity index (χ0v) is 10.6. The van der Waals surface area contributed by atoms with E-state index >= 15 is 0 Å². The van der Waals surface area contributed by atoms with Gasteiger partial charge in [0.25, 0.3) is 0 Å². The van der Waals surface area contributed by atoms with E-state index in [-0.39, 0.29) is 17.5 Å². The van der Waals surface area contributed by atoms with Crippen LogP contribution in [0.25, 0.3) is 0 Å². The van der Waals surface area contributed by atoms with Gasteiger partial charge in [0, 0.05) is 25.2 Å². The summed E-state index contributed by atoms with van der Waals surface area (Å²) < 4.78 is 22.9. The highest BCUT2D eigenvalue weighted by Crippen LogP contribution is 2.20. The predicted molar refractivity (Wildman–Crippen MR) is 62.1 cm³/mol. The number of piperazine rings is 1. The minimum Gasteiger partial charge on any atom is -0.390 e. The Morgan fingerprint density at radius 3 is 2.19 bits per heavy atom. The fourth-order valence-corrected chi connectivity index (χ4v) is 4.63. The summed E-state index contributed by atoms with van der Waals surface area (Å²) in [6.07, 6.45) is -0.720. The van der Waals surface area contributed by atoms with Crippen LogP contribution < -0.4 is 5.32 Å². The predicted octanol–water partition coefficient (Wildman–Crippen LogP) is -1.17. The van der Waals surface area contributed by atoms with E-state index < -0.39 is 15.9 Å². The quantitative estimate of drug-likeness (QED) is 0.612. The molecular formula is C10H20N2O3S. The molecule has 2 fully saturated rings. The van der Waals surface area contributed by atoms with Crippen LogP contribution in [0.3, 0.4) is 0 Å². The first-order valence-electron chi connectivity index (χ1n) is 5.76. The summed E-state index contributed by atoms with van der Waals surface area (Å²) in [5, 5.41) is 13.2. The number of nitrogens with zero attached hydrogens (tertiary/aromatic N) is 1. The first-order valence-corrected chi connectivity index (χ1v) is 7.58. The van der Waals surface area contributed by atoms with Crippen LogP contribution in [-0.4, -0.2) is 67.2 Å². The van der Waals surface area contributed by atoms with E-state index in [9.17, 15) is 13.5 Å². The Balaban J connectivity index is 2.07. The molecule has 2 N–H and O–H groups in total. The molecule has 0 aliphatic carbocycles. The Hall–Kier alpha value is -0.170. The zero-order valence-electron chi connectivity index (χ0n) is 9.76. The maximum atomic E-state index is 11.5. The number of aliphatic hydroxyl groups excluding tert-OH is 1. The maximum Gasteiger partial charge on any atom is 0.154 e. The summed E-state index contributed by atoms with van der Waals surface area (Å²) in [6, 6.07) is 0.482. The molecule has 0 aromatic carbocycles. The van der Waals surface area contributed by atoms with Gasteiger partial charge in [-0.1, -0.05) is 0 Å². The van der Waals surface area contributed by atoms with Crippen LogP contribution >= 0.6 is 0 Å². The molecule has 2 aliphatic rings. The van der Waals surface area contributed by atoms with Crippen LogP contribution in [0.2, 0.25) is 0 Å². The normalized spacial score (nSPS) is 44.7. The number of nitrogens with one attached hydrogen (secondary N) is 1. The summed E-state index contributed by atoms with van der Waals surface area (Å²) in [5.74, 6) is 0.0258. The lowest BCUT2D eigenvalue weighted by Gasteiger charge is -2.40.